The predicted molar refractivity (Wildman–Crippen MR) is 145 cm³/mol. The number of nitrogens with one attached hydrogen (secondary N) is 4. The highest BCUT2D eigenvalue weighted by atomic mass is 16.5. The normalized spacial score (nSPS) is 12.6. The Morgan fingerprint density at radius 3 is 2.50 bits per heavy atom. The summed E-state index contributed by atoms with van der Waals surface area (Å²) in [7, 11) is 3.41. The fourth-order valence-corrected chi connectivity index (χ4v) is 4.73. The van der Waals surface area contributed by atoms with Gasteiger partial charge in [-0.25, -0.2) is 14.8 Å². The molecule has 0 bridgehead atoms. The van der Waals surface area contributed by atoms with Crippen molar-refractivity contribution in [2.45, 2.75) is 13.1 Å². The van der Waals surface area contributed by atoms with E-state index in [0.717, 1.165) is 22.2 Å². The van der Waals surface area contributed by atoms with E-state index in [1.165, 1.54) is 12.5 Å². The van der Waals surface area contributed by atoms with Crippen LogP contribution in [-0.4, -0.2) is 48.4 Å². The second-order valence-corrected chi connectivity index (χ2v) is 9.40. The summed E-state index contributed by atoms with van der Waals surface area (Å²) < 4.78 is 8.48. The van der Waals surface area contributed by atoms with Crippen LogP contribution in [0.3, 0.4) is 0 Å². The smallest absolute Gasteiger partial charge is 0.328 e. The van der Waals surface area contributed by atoms with Gasteiger partial charge in [-0.1, -0.05) is 12.1 Å². The van der Waals surface area contributed by atoms with Crippen LogP contribution < -0.4 is 26.4 Å². The molecule has 1 aliphatic rings. The second-order valence-electron chi connectivity index (χ2n) is 9.40. The molecule has 13 nitrogen and oxygen atoms in total. The van der Waals surface area contributed by atoms with Crippen LogP contribution >= 0.6 is 0 Å². The molecule has 4 N–H and O–H groups in total. The maximum Gasteiger partial charge on any atom is 0.328 e. The molecule has 0 radical (unpaired) electrons. The van der Waals surface area contributed by atoms with Gasteiger partial charge in [0, 0.05) is 33.4 Å². The van der Waals surface area contributed by atoms with E-state index in [-0.39, 0.29) is 48.5 Å². The first-order valence-corrected chi connectivity index (χ1v) is 12.4. The van der Waals surface area contributed by atoms with Gasteiger partial charge in [0.2, 0.25) is 0 Å². The van der Waals surface area contributed by atoms with Crippen molar-refractivity contribution in [1.29, 1.82) is 0 Å². The molecule has 202 valence electrons. The molecule has 6 rings (SSSR count). The van der Waals surface area contributed by atoms with E-state index in [1.54, 1.807) is 41.4 Å². The van der Waals surface area contributed by atoms with Crippen molar-refractivity contribution in [3.63, 3.8) is 0 Å². The SMILES string of the molecule is Cn1c(=O)n(C)c2cc(CNC(=O)c3c[nH]c4c(C(=O)NCc5ccc6c(c5)NC(=O)CO6)ncnc34)ccc21. The number of benzene rings is 2. The molecule has 0 unspecified atom stereocenters. The molecule has 4 heterocycles. The number of carbonyl (C=O) groups excluding carboxylic acids is 3. The van der Waals surface area contributed by atoms with Gasteiger partial charge in [-0.05, 0) is 35.4 Å². The van der Waals surface area contributed by atoms with Crippen molar-refractivity contribution in [3.05, 3.63) is 81.8 Å². The minimum atomic E-state index is -0.457. The monoisotopic (exact) mass is 540 g/mol. The summed E-state index contributed by atoms with van der Waals surface area (Å²) in [6.45, 7) is 0.378. The molecule has 3 aromatic heterocycles. The Morgan fingerprint density at radius 1 is 0.950 bits per heavy atom. The van der Waals surface area contributed by atoms with Crippen LogP contribution in [0.25, 0.3) is 22.1 Å². The zero-order valence-corrected chi connectivity index (χ0v) is 21.6. The van der Waals surface area contributed by atoms with Crippen LogP contribution in [0.15, 0.2) is 53.7 Å². The lowest BCUT2D eigenvalue weighted by molar-refractivity contribution is -0.118. The minimum absolute atomic E-state index is 0.0332. The van der Waals surface area contributed by atoms with Gasteiger partial charge >= 0.3 is 5.69 Å². The highest BCUT2D eigenvalue weighted by Gasteiger charge is 2.20. The number of fused-ring (bicyclic) bond motifs is 3. The van der Waals surface area contributed by atoms with Gasteiger partial charge in [0.05, 0.1) is 27.8 Å². The lowest BCUT2D eigenvalue weighted by Crippen LogP contribution is -2.26. The first-order valence-electron chi connectivity index (χ1n) is 12.4. The van der Waals surface area contributed by atoms with E-state index in [4.69, 9.17) is 4.74 Å². The summed E-state index contributed by atoms with van der Waals surface area (Å²) in [5.41, 5.74) is 4.56. The van der Waals surface area contributed by atoms with Crippen molar-refractivity contribution >= 4 is 45.5 Å². The van der Waals surface area contributed by atoms with Crippen molar-refractivity contribution in [1.82, 2.24) is 34.7 Å². The number of aryl methyl sites for hydroxylation is 2. The zero-order chi connectivity index (χ0) is 28.0. The minimum Gasteiger partial charge on any atom is -0.482 e. The van der Waals surface area contributed by atoms with Crippen molar-refractivity contribution < 1.29 is 19.1 Å². The maximum absolute atomic E-state index is 13.0. The quantitative estimate of drug-likeness (QED) is 0.252. The molecule has 13 heteroatoms. The predicted octanol–water partition coefficient (Wildman–Crippen LogP) is 1.34. The number of imidazole rings is 1. The standard InChI is InChI=1S/C27H24N8O5/c1-34-18-5-3-15(8-19(18)35(2)27(34)39)10-29-25(37)16-11-28-23-22(16)31-13-32-24(23)26(38)30-9-14-4-6-20-17(7-14)33-21(36)12-40-20/h3-8,11,13,28H,9-10,12H2,1-2H3,(H,29,37)(H,30,38)(H,33,36). The van der Waals surface area contributed by atoms with Crippen LogP contribution in [-0.2, 0) is 32.0 Å². The lowest BCUT2D eigenvalue weighted by atomic mass is 10.1. The van der Waals surface area contributed by atoms with E-state index < -0.39 is 5.91 Å². The van der Waals surface area contributed by atoms with Crippen LogP contribution in [0.4, 0.5) is 5.69 Å². The molecule has 2 aromatic carbocycles. The molecule has 0 aliphatic carbocycles. The molecule has 0 saturated carbocycles. The number of H-pyrrole nitrogens is 1. The van der Waals surface area contributed by atoms with E-state index >= 15 is 0 Å². The van der Waals surface area contributed by atoms with Crippen LogP contribution in [0.5, 0.6) is 5.75 Å². The fourth-order valence-electron chi connectivity index (χ4n) is 4.73. The second kappa shape index (κ2) is 9.69. The lowest BCUT2D eigenvalue weighted by Gasteiger charge is -2.18. The molecule has 40 heavy (non-hydrogen) atoms. The zero-order valence-electron chi connectivity index (χ0n) is 21.6. The topological polar surface area (TPSA) is 165 Å². The van der Waals surface area contributed by atoms with Gasteiger partial charge in [0.25, 0.3) is 17.7 Å². The van der Waals surface area contributed by atoms with Gasteiger partial charge in [0.15, 0.2) is 12.3 Å². The van der Waals surface area contributed by atoms with Gasteiger partial charge in [0.1, 0.15) is 17.6 Å². The number of hydrogen-bond donors (Lipinski definition) is 4. The Balaban J connectivity index is 1.15. The molecule has 0 atom stereocenters. The largest absolute Gasteiger partial charge is 0.482 e. The summed E-state index contributed by atoms with van der Waals surface area (Å²) in [6, 6.07) is 10.8. The fraction of sp³-hybridized carbons (Fsp3) is 0.185. The Labute approximate surface area is 226 Å². The third-order valence-electron chi connectivity index (χ3n) is 6.84. The highest BCUT2D eigenvalue weighted by molar-refractivity contribution is 6.10. The van der Waals surface area contributed by atoms with Crippen LogP contribution in [0, 0.1) is 0 Å². The van der Waals surface area contributed by atoms with Gasteiger partial charge < -0.3 is 25.7 Å². The number of hydrogen-bond acceptors (Lipinski definition) is 7. The average molecular weight is 541 g/mol. The summed E-state index contributed by atoms with van der Waals surface area (Å²) in [6.07, 6.45) is 2.72. The number of amides is 3. The third-order valence-corrected chi connectivity index (χ3v) is 6.84. The van der Waals surface area contributed by atoms with Gasteiger partial charge in [-0.15, -0.1) is 0 Å². The first kappa shape index (κ1) is 24.9. The molecule has 0 spiro atoms. The molecular formula is C27H24N8O5. The Bertz CT molecular complexity index is 1900. The molecule has 3 amide bonds. The number of anilines is 1. The third kappa shape index (κ3) is 4.32. The van der Waals surface area contributed by atoms with Crippen LogP contribution in [0.2, 0.25) is 0 Å². The maximum atomic E-state index is 13.0. The summed E-state index contributed by atoms with van der Waals surface area (Å²) >= 11 is 0. The van der Waals surface area contributed by atoms with E-state index in [0.29, 0.717) is 22.5 Å². The van der Waals surface area contributed by atoms with Crippen LogP contribution in [0.1, 0.15) is 32.0 Å². The van der Waals surface area contributed by atoms with Gasteiger partial charge in [-0.3, -0.25) is 23.5 Å². The average Bonchev–Trinajstić information content (AvgIpc) is 3.49. The Hall–Kier alpha value is -5.46. The van der Waals surface area contributed by atoms with E-state index in [1.807, 2.05) is 18.2 Å². The van der Waals surface area contributed by atoms with Crippen molar-refractivity contribution in [3.8, 4) is 5.75 Å². The molecular weight excluding hydrogens is 516 g/mol. The summed E-state index contributed by atoms with van der Waals surface area (Å²) in [5.74, 6) is -0.513. The Morgan fingerprint density at radius 2 is 1.68 bits per heavy atom. The van der Waals surface area contributed by atoms with E-state index in [2.05, 4.69) is 30.9 Å². The number of aromatic nitrogens is 5. The number of aromatic amines is 1. The molecule has 0 fully saturated rings. The molecule has 1 aliphatic heterocycles. The number of carbonyl (C=O) groups is 3. The Kier molecular flexibility index (Phi) is 6.02. The number of nitrogens with zero attached hydrogens (tertiary/aromatic N) is 4. The van der Waals surface area contributed by atoms with Crippen molar-refractivity contribution in [2.24, 2.45) is 14.1 Å². The first-order chi connectivity index (χ1) is 19.3. The molecule has 0 saturated heterocycles. The molecule has 5 aromatic rings. The summed E-state index contributed by atoms with van der Waals surface area (Å²) in [4.78, 5) is 61.1. The highest BCUT2D eigenvalue weighted by Crippen LogP contribution is 2.28. The van der Waals surface area contributed by atoms with Crippen molar-refractivity contribution in [2.75, 3.05) is 11.9 Å². The summed E-state index contributed by atoms with van der Waals surface area (Å²) in [5, 5.41) is 8.41. The van der Waals surface area contributed by atoms with E-state index in [9.17, 15) is 19.2 Å². The van der Waals surface area contributed by atoms with Gasteiger partial charge in [-0.2, -0.15) is 0 Å². The number of rotatable bonds is 6. The number of ether oxygens (including phenoxy) is 1.